The van der Waals surface area contributed by atoms with Crippen LogP contribution in [0.1, 0.15) is 6.42 Å². The zero-order valence-corrected chi connectivity index (χ0v) is 4.65. The first-order chi connectivity index (χ1) is 3.41. The monoisotopic (exact) mass is 100 g/mol. The van der Waals surface area contributed by atoms with Crippen LogP contribution < -0.4 is 11.1 Å². The van der Waals surface area contributed by atoms with Gasteiger partial charge in [-0.2, -0.15) is 0 Å². The molecule has 42 valence electrons. The molecule has 0 fully saturated rings. The molecule has 0 aliphatic rings. The molecule has 0 aromatic rings. The van der Waals surface area contributed by atoms with Gasteiger partial charge in [0, 0.05) is 7.05 Å². The highest BCUT2D eigenvalue weighted by atomic mass is 14.8. The van der Waals surface area contributed by atoms with Gasteiger partial charge in [0.25, 0.3) is 0 Å². The first-order valence-electron chi connectivity index (χ1n) is 2.44. The average Bonchev–Trinajstić information content (AvgIpc) is 1.69. The maximum Gasteiger partial charge on any atom is 0.00276 e. The van der Waals surface area contributed by atoms with Crippen LogP contribution >= 0.6 is 0 Å². The molecule has 0 aromatic carbocycles. The van der Waals surface area contributed by atoms with Gasteiger partial charge < -0.3 is 11.1 Å². The second-order valence-corrected chi connectivity index (χ2v) is 1.27. The molecule has 3 N–H and O–H groups in total. The third kappa shape index (κ3) is 5.50. The smallest absolute Gasteiger partial charge is 0.00276 e. The van der Waals surface area contributed by atoms with Crippen molar-refractivity contribution < 1.29 is 0 Å². The predicted molar refractivity (Wildman–Crippen MR) is 31.9 cm³/mol. The Labute approximate surface area is 44.4 Å². The number of hydrogen-bond donors (Lipinski definition) is 2. The number of nitrogens with two attached hydrogens (primary N) is 1. The minimum atomic E-state index is 0.734. The van der Waals surface area contributed by atoms with Crippen molar-refractivity contribution in [1.82, 2.24) is 5.32 Å². The summed E-state index contributed by atoms with van der Waals surface area (Å²) < 4.78 is 0. The zero-order chi connectivity index (χ0) is 5.54. The Morgan fingerprint density at radius 3 is 2.86 bits per heavy atom. The summed E-state index contributed by atoms with van der Waals surface area (Å²) in [5.41, 5.74) is 5.19. The van der Waals surface area contributed by atoms with Crippen LogP contribution in [0.25, 0.3) is 0 Å². The van der Waals surface area contributed by atoms with Gasteiger partial charge in [-0.15, -0.1) is 0 Å². The molecule has 0 bridgehead atoms. The van der Waals surface area contributed by atoms with Gasteiger partial charge in [0.1, 0.15) is 0 Å². The Morgan fingerprint density at radius 2 is 2.43 bits per heavy atom. The molecule has 0 spiro atoms. The fourth-order valence-corrected chi connectivity index (χ4v) is 0.297. The first-order valence-corrected chi connectivity index (χ1v) is 2.44. The number of nitrogens with one attached hydrogen (secondary N) is 1. The van der Waals surface area contributed by atoms with E-state index in [1.807, 2.05) is 19.3 Å². The molecule has 0 aliphatic heterocycles. The van der Waals surface area contributed by atoms with E-state index >= 15 is 0 Å². The Bertz CT molecular complexity index is 50.0. The molecule has 0 aliphatic carbocycles. The summed E-state index contributed by atoms with van der Waals surface area (Å²) in [6, 6.07) is 0. The lowest BCUT2D eigenvalue weighted by atomic mass is 10.4. The van der Waals surface area contributed by atoms with Crippen LogP contribution in [0.3, 0.4) is 0 Å². The maximum atomic E-state index is 5.19. The van der Waals surface area contributed by atoms with Crippen LogP contribution in [0.4, 0.5) is 0 Å². The highest BCUT2D eigenvalue weighted by Gasteiger charge is 1.66. The van der Waals surface area contributed by atoms with E-state index in [0.29, 0.717) is 0 Å². The third-order valence-corrected chi connectivity index (χ3v) is 0.618. The molecular weight excluding hydrogens is 88.1 g/mol. The van der Waals surface area contributed by atoms with Crippen LogP contribution in [-0.4, -0.2) is 13.6 Å². The standard InChI is InChI=1S/C5H12N2/c1-7-5-3-2-4-6/h3,5,7H,2,4,6H2,1H3/b5-3+. The molecule has 7 heavy (non-hydrogen) atoms. The maximum absolute atomic E-state index is 5.19. The molecule has 0 radical (unpaired) electrons. The van der Waals surface area contributed by atoms with Crippen molar-refractivity contribution in [1.29, 1.82) is 0 Å². The van der Waals surface area contributed by atoms with Gasteiger partial charge in [-0.05, 0) is 19.2 Å². The molecule has 0 rings (SSSR count). The Hall–Kier alpha value is -0.500. The summed E-state index contributed by atoms with van der Waals surface area (Å²) in [4.78, 5) is 0. The van der Waals surface area contributed by atoms with Crippen LogP contribution in [0, 0.1) is 0 Å². The molecule has 0 aromatic heterocycles. The van der Waals surface area contributed by atoms with Gasteiger partial charge in [0.2, 0.25) is 0 Å². The quantitative estimate of drug-likeness (QED) is 0.526. The predicted octanol–water partition coefficient (Wildman–Crippen LogP) is 0.0683. The molecular formula is C5H12N2. The molecule has 0 atom stereocenters. The summed E-state index contributed by atoms with van der Waals surface area (Å²) in [6.07, 6.45) is 4.84. The van der Waals surface area contributed by atoms with Crippen LogP contribution in [0.5, 0.6) is 0 Å². The Morgan fingerprint density at radius 1 is 1.71 bits per heavy atom. The van der Waals surface area contributed by atoms with E-state index in [1.165, 1.54) is 0 Å². The summed E-state index contributed by atoms with van der Waals surface area (Å²) in [6.45, 7) is 0.734. The molecule has 0 unspecified atom stereocenters. The van der Waals surface area contributed by atoms with Gasteiger partial charge in [0.15, 0.2) is 0 Å². The fraction of sp³-hybridized carbons (Fsp3) is 0.600. The van der Waals surface area contributed by atoms with Crippen molar-refractivity contribution in [2.75, 3.05) is 13.6 Å². The van der Waals surface area contributed by atoms with E-state index in [1.54, 1.807) is 0 Å². The summed E-state index contributed by atoms with van der Waals surface area (Å²) >= 11 is 0. The van der Waals surface area contributed by atoms with Crippen molar-refractivity contribution in [3.05, 3.63) is 12.3 Å². The van der Waals surface area contributed by atoms with Crippen LogP contribution in [0.15, 0.2) is 12.3 Å². The van der Waals surface area contributed by atoms with Crippen molar-refractivity contribution >= 4 is 0 Å². The van der Waals surface area contributed by atoms with Crippen molar-refractivity contribution in [3.8, 4) is 0 Å². The molecule has 2 nitrogen and oxygen atoms in total. The average molecular weight is 100 g/mol. The third-order valence-electron chi connectivity index (χ3n) is 0.618. The van der Waals surface area contributed by atoms with E-state index in [4.69, 9.17) is 5.73 Å². The minimum Gasteiger partial charge on any atom is -0.394 e. The lowest BCUT2D eigenvalue weighted by Gasteiger charge is -1.83. The van der Waals surface area contributed by atoms with E-state index in [2.05, 4.69) is 5.32 Å². The van der Waals surface area contributed by atoms with Gasteiger partial charge >= 0.3 is 0 Å². The lowest BCUT2D eigenvalue weighted by Crippen LogP contribution is -1.97. The van der Waals surface area contributed by atoms with Crippen molar-refractivity contribution in [3.63, 3.8) is 0 Å². The number of rotatable bonds is 3. The van der Waals surface area contributed by atoms with Gasteiger partial charge in [0.05, 0.1) is 0 Å². The topological polar surface area (TPSA) is 38.0 Å². The zero-order valence-electron chi connectivity index (χ0n) is 4.65. The number of hydrogen-bond acceptors (Lipinski definition) is 2. The normalized spacial score (nSPS) is 10.0. The van der Waals surface area contributed by atoms with E-state index in [9.17, 15) is 0 Å². The summed E-state index contributed by atoms with van der Waals surface area (Å²) in [7, 11) is 1.87. The highest BCUT2D eigenvalue weighted by Crippen LogP contribution is 1.72. The largest absolute Gasteiger partial charge is 0.394 e. The Kier molecular flexibility index (Phi) is 5.11. The fourth-order valence-electron chi connectivity index (χ4n) is 0.297. The van der Waals surface area contributed by atoms with Crippen molar-refractivity contribution in [2.45, 2.75) is 6.42 Å². The minimum absolute atomic E-state index is 0.734. The van der Waals surface area contributed by atoms with E-state index in [0.717, 1.165) is 13.0 Å². The molecule has 2 heteroatoms. The van der Waals surface area contributed by atoms with Gasteiger partial charge in [-0.3, -0.25) is 0 Å². The highest BCUT2D eigenvalue weighted by molar-refractivity contribution is 4.77. The molecule has 0 saturated carbocycles. The second kappa shape index (κ2) is 5.50. The molecule has 0 saturated heterocycles. The van der Waals surface area contributed by atoms with Crippen molar-refractivity contribution in [2.24, 2.45) is 5.73 Å². The van der Waals surface area contributed by atoms with Gasteiger partial charge in [-0.1, -0.05) is 6.08 Å². The first kappa shape index (κ1) is 6.50. The summed E-state index contributed by atoms with van der Waals surface area (Å²) in [5.74, 6) is 0. The van der Waals surface area contributed by atoms with E-state index < -0.39 is 0 Å². The van der Waals surface area contributed by atoms with Crippen LogP contribution in [-0.2, 0) is 0 Å². The van der Waals surface area contributed by atoms with E-state index in [-0.39, 0.29) is 0 Å². The Balaban J connectivity index is 2.78. The SMILES string of the molecule is CN/C=C/CCN. The second-order valence-electron chi connectivity index (χ2n) is 1.27. The lowest BCUT2D eigenvalue weighted by molar-refractivity contribution is 0.985. The molecule has 0 amide bonds. The van der Waals surface area contributed by atoms with Gasteiger partial charge in [-0.25, -0.2) is 0 Å². The summed E-state index contributed by atoms with van der Waals surface area (Å²) in [5, 5.41) is 2.87. The molecule has 0 heterocycles. The van der Waals surface area contributed by atoms with Crippen LogP contribution in [0.2, 0.25) is 0 Å².